The first kappa shape index (κ1) is 22.8. The third-order valence-electron chi connectivity index (χ3n) is 2.98. The molecule has 2 heterocycles. The van der Waals surface area contributed by atoms with E-state index in [1.807, 2.05) is 0 Å². The third-order valence-corrected chi connectivity index (χ3v) is 3.75. The molecule has 10 heteroatoms. The molecule has 1 radical (unpaired) electrons. The molecule has 0 atom stereocenters. The number of ether oxygens (including phenoxy) is 1. The number of halogens is 2. The van der Waals surface area contributed by atoms with Crippen molar-refractivity contribution in [2.45, 2.75) is 5.03 Å². The first-order chi connectivity index (χ1) is 12.3. The average molecular weight is 572 g/mol. The van der Waals surface area contributed by atoms with Crippen LogP contribution in [-0.4, -0.2) is 30.0 Å². The van der Waals surface area contributed by atoms with E-state index in [0.29, 0.717) is 11.4 Å². The Morgan fingerprint density at radius 1 is 1.11 bits per heavy atom. The Labute approximate surface area is 168 Å². The van der Waals surface area contributed by atoms with Crippen LogP contribution in [0.3, 0.4) is 0 Å². The number of benzene rings is 1. The van der Waals surface area contributed by atoms with E-state index in [0.717, 1.165) is 12.1 Å². The van der Waals surface area contributed by atoms with E-state index in [1.165, 1.54) is 31.6 Å². The molecule has 0 unspecified atom stereocenters. The van der Waals surface area contributed by atoms with Gasteiger partial charge in [0.15, 0.2) is 5.03 Å². The summed E-state index contributed by atoms with van der Waals surface area (Å²) in [6, 6.07) is 11.8. The largest absolute Gasteiger partial charge is 0.497 e. The molecular weight excluding hydrogens is 558 g/mol. The molecule has 145 valence electrons. The molecule has 0 spiro atoms. The second-order valence-corrected chi connectivity index (χ2v) is 6.13. The number of pyridine rings is 2. The molecule has 0 saturated carbocycles. The van der Waals surface area contributed by atoms with Crippen molar-refractivity contribution in [1.82, 2.24) is 9.97 Å². The Morgan fingerprint density at radius 3 is 2.37 bits per heavy atom. The molecule has 6 nitrogen and oxygen atoms in total. The smallest absolute Gasteiger partial charge is 0.312 e. The van der Waals surface area contributed by atoms with Crippen LogP contribution in [0.15, 0.2) is 59.9 Å². The fourth-order valence-corrected chi connectivity index (χ4v) is 2.26. The summed E-state index contributed by atoms with van der Waals surface area (Å²) in [5, 5.41) is -0.324. The summed E-state index contributed by atoms with van der Waals surface area (Å²) < 4.78 is 60.2. The van der Waals surface area contributed by atoms with Gasteiger partial charge in [-0.05, 0) is 30.0 Å². The van der Waals surface area contributed by atoms with Crippen molar-refractivity contribution in [2.24, 2.45) is 0 Å². The van der Waals surface area contributed by atoms with Gasteiger partial charge in [0.05, 0.1) is 7.11 Å². The summed E-state index contributed by atoms with van der Waals surface area (Å²) in [5.74, 6) is -0.799. The van der Waals surface area contributed by atoms with E-state index in [2.05, 4.69) is 16.0 Å². The second-order valence-electron chi connectivity index (χ2n) is 4.76. The van der Waals surface area contributed by atoms with Gasteiger partial charge in [-0.3, -0.25) is 13.3 Å². The average Bonchev–Trinajstić information content (AvgIpc) is 2.62. The first-order valence-electron chi connectivity index (χ1n) is 7.07. The van der Waals surface area contributed by atoms with Gasteiger partial charge in [0.25, 0.3) is 0 Å². The van der Waals surface area contributed by atoms with Crippen LogP contribution in [0.1, 0.15) is 0 Å². The van der Waals surface area contributed by atoms with Crippen LogP contribution in [0.25, 0.3) is 11.3 Å². The predicted octanol–water partition coefficient (Wildman–Crippen LogP) is 3.16. The van der Waals surface area contributed by atoms with Gasteiger partial charge < -0.3 is 9.72 Å². The van der Waals surface area contributed by atoms with Crippen LogP contribution < -0.4 is 4.74 Å². The molecule has 1 aromatic carbocycles. The molecule has 2 aromatic heterocycles. The minimum absolute atomic E-state index is 0. The minimum Gasteiger partial charge on any atom is -0.497 e. The predicted molar refractivity (Wildman–Crippen MR) is 89.0 cm³/mol. The number of aromatic nitrogens is 2. The van der Waals surface area contributed by atoms with Gasteiger partial charge in [-0.25, -0.2) is 4.98 Å². The molecule has 0 aliphatic heterocycles. The molecule has 0 aliphatic carbocycles. The summed E-state index contributed by atoms with van der Waals surface area (Å²) in [4.78, 5) is 7.39. The van der Waals surface area contributed by atoms with Crippen molar-refractivity contribution in [3.05, 3.63) is 72.6 Å². The van der Waals surface area contributed by atoms with Crippen LogP contribution in [0.2, 0.25) is 0 Å². The van der Waals surface area contributed by atoms with Gasteiger partial charge in [0, 0.05) is 44.1 Å². The number of nitrogens with zero attached hydrogens (tertiary/aromatic N) is 2. The van der Waals surface area contributed by atoms with E-state index in [1.54, 1.807) is 18.2 Å². The van der Waals surface area contributed by atoms with Crippen LogP contribution in [-0.2, 0) is 30.2 Å². The van der Waals surface area contributed by atoms with Crippen molar-refractivity contribution in [2.75, 3.05) is 7.11 Å². The summed E-state index contributed by atoms with van der Waals surface area (Å²) in [6.07, 6.45) is 2.79. The summed E-state index contributed by atoms with van der Waals surface area (Å²) in [5.41, 5.74) is 0.483. The van der Waals surface area contributed by atoms with Gasteiger partial charge in [-0.2, -0.15) is 8.42 Å². The Bertz CT molecular complexity index is 989. The normalized spacial score (nSPS) is 10.2. The Kier molecular flexibility index (Phi) is 8.58. The molecule has 3 aromatic rings. The monoisotopic (exact) mass is 572 g/mol. The molecule has 0 amide bonds. The summed E-state index contributed by atoms with van der Waals surface area (Å²) >= 11 is 0. The maximum Gasteiger partial charge on any atom is 0.312 e. The van der Waals surface area contributed by atoms with Crippen LogP contribution >= 0.6 is 0 Å². The van der Waals surface area contributed by atoms with Crippen molar-refractivity contribution in [3.8, 4) is 17.0 Å². The van der Waals surface area contributed by atoms with Gasteiger partial charge in [-0.1, -0.05) is 17.7 Å². The molecule has 0 aliphatic rings. The quantitative estimate of drug-likeness (QED) is 0.384. The van der Waals surface area contributed by atoms with Crippen molar-refractivity contribution < 1.29 is 46.6 Å². The van der Waals surface area contributed by atoms with E-state index in [9.17, 15) is 17.2 Å². The standard InChI is InChI=1S/C12H8F2NO.C5H5NO3S.Ir/c1-16-9-4-5-15-12(7-9)10-3-2-8(13)6-11(10)14;7-10(8,9)5-3-1-2-4-6-5;/h2,4-7H,1H3;1-4H,(H,7,8,9);/q-1;;. The zero-order valence-electron chi connectivity index (χ0n) is 13.8. The van der Waals surface area contributed by atoms with Gasteiger partial charge >= 0.3 is 10.1 Å². The van der Waals surface area contributed by atoms with Crippen LogP contribution in [0.5, 0.6) is 5.75 Å². The Balaban J connectivity index is 0.000000288. The number of hydrogen-bond acceptors (Lipinski definition) is 5. The number of rotatable bonds is 3. The van der Waals surface area contributed by atoms with Crippen molar-refractivity contribution >= 4 is 10.1 Å². The van der Waals surface area contributed by atoms with E-state index in [-0.39, 0.29) is 30.7 Å². The van der Waals surface area contributed by atoms with E-state index >= 15 is 0 Å². The number of methoxy groups -OCH3 is 1. The van der Waals surface area contributed by atoms with E-state index in [4.69, 9.17) is 9.29 Å². The fourth-order valence-electron chi connectivity index (χ4n) is 1.82. The number of hydrogen-bond donors (Lipinski definition) is 1. The van der Waals surface area contributed by atoms with Gasteiger partial charge in [0.2, 0.25) is 0 Å². The second kappa shape index (κ2) is 10.2. The zero-order valence-corrected chi connectivity index (χ0v) is 17.0. The minimum atomic E-state index is -4.11. The maximum absolute atomic E-state index is 13.4. The third kappa shape index (κ3) is 6.76. The Hall–Kier alpha value is -2.26. The van der Waals surface area contributed by atoms with Crippen LogP contribution in [0.4, 0.5) is 8.78 Å². The summed E-state index contributed by atoms with van der Waals surface area (Å²) in [6.45, 7) is 0. The SMILES string of the molecule is COc1ccnc(-c2[c-]cc(F)cc2F)c1.O=S(=O)(O)c1ccccn1.[Ir]. The molecule has 0 bridgehead atoms. The molecular formula is C17H13F2IrN2O4S-. The topological polar surface area (TPSA) is 89.4 Å². The van der Waals surface area contributed by atoms with Gasteiger partial charge in [0.1, 0.15) is 5.75 Å². The maximum atomic E-state index is 13.4. The zero-order chi connectivity index (χ0) is 19.2. The fraction of sp³-hybridized carbons (Fsp3) is 0.0588. The summed E-state index contributed by atoms with van der Waals surface area (Å²) in [7, 11) is -2.61. The van der Waals surface area contributed by atoms with Crippen molar-refractivity contribution in [3.63, 3.8) is 0 Å². The molecule has 0 saturated heterocycles. The molecule has 1 N–H and O–H groups in total. The Morgan fingerprint density at radius 2 is 1.85 bits per heavy atom. The molecule has 27 heavy (non-hydrogen) atoms. The van der Waals surface area contributed by atoms with E-state index < -0.39 is 21.8 Å². The van der Waals surface area contributed by atoms with Crippen molar-refractivity contribution in [1.29, 1.82) is 0 Å². The molecule has 0 fully saturated rings. The van der Waals surface area contributed by atoms with Gasteiger partial charge in [-0.15, -0.1) is 12.1 Å². The van der Waals surface area contributed by atoms with Crippen LogP contribution in [0, 0.1) is 17.7 Å². The molecule has 3 rings (SSSR count). The first-order valence-corrected chi connectivity index (χ1v) is 8.51.